The second-order valence-electron chi connectivity index (χ2n) is 3.28. The van der Waals surface area contributed by atoms with Gasteiger partial charge >= 0.3 is 6.01 Å². The van der Waals surface area contributed by atoms with Crippen LogP contribution in [0.5, 0.6) is 6.01 Å². The minimum Gasteiger partial charge on any atom is -0.467 e. The summed E-state index contributed by atoms with van der Waals surface area (Å²) in [4.78, 5) is 10.9. The summed E-state index contributed by atoms with van der Waals surface area (Å²) in [5.74, 6) is -3.53. The Morgan fingerprint density at radius 1 is 1.11 bits per heavy atom. The van der Waals surface area contributed by atoms with Crippen molar-refractivity contribution in [1.82, 2.24) is 15.0 Å². The lowest BCUT2D eigenvalue weighted by Crippen LogP contribution is -2.05. The number of hydrogen-bond donors (Lipinski definition) is 1. The van der Waals surface area contributed by atoms with E-state index in [1.165, 1.54) is 7.11 Å². The van der Waals surface area contributed by atoms with E-state index in [0.29, 0.717) is 12.1 Å². The summed E-state index contributed by atoms with van der Waals surface area (Å²) in [5, 5.41) is 2.02. The van der Waals surface area contributed by atoms with Crippen LogP contribution in [0.4, 0.5) is 24.8 Å². The smallest absolute Gasteiger partial charge is 0.322 e. The van der Waals surface area contributed by atoms with Crippen LogP contribution in [-0.4, -0.2) is 22.1 Å². The number of hydrogen-bond acceptors (Lipinski definition) is 5. The molecule has 2 rings (SSSR count). The van der Waals surface area contributed by atoms with Gasteiger partial charge in [0.15, 0.2) is 11.6 Å². The van der Waals surface area contributed by atoms with Crippen LogP contribution in [-0.2, 0) is 0 Å². The zero-order chi connectivity index (χ0) is 14.0. The summed E-state index contributed by atoms with van der Waals surface area (Å²) in [6.07, 6.45) is 0. The van der Waals surface area contributed by atoms with Gasteiger partial charge in [-0.05, 0) is 11.6 Å². The summed E-state index contributed by atoms with van der Waals surface area (Å²) in [5.41, 5.74) is -0.606. The average molecular weight is 291 g/mol. The summed E-state index contributed by atoms with van der Waals surface area (Å²) in [6.45, 7) is 0. The van der Waals surface area contributed by atoms with Gasteiger partial charge in [-0.1, -0.05) is 0 Å². The molecular weight excluding hydrogens is 285 g/mol. The molecule has 0 spiro atoms. The normalized spacial score (nSPS) is 10.4. The van der Waals surface area contributed by atoms with Crippen molar-refractivity contribution >= 4 is 23.2 Å². The Bertz CT molecular complexity index is 603. The number of ether oxygens (including phenoxy) is 1. The molecule has 0 atom stereocenters. The van der Waals surface area contributed by atoms with Gasteiger partial charge in [0.2, 0.25) is 11.2 Å². The fourth-order valence-electron chi connectivity index (χ4n) is 1.25. The van der Waals surface area contributed by atoms with Gasteiger partial charge < -0.3 is 10.1 Å². The van der Waals surface area contributed by atoms with Crippen molar-refractivity contribution in [2.24, 2.45) is 0 Å². The summed E-state index contributed by atoms with van der Waals surface area (Å²) >= 11 is 5.57. The van der Waals surface area contributed by atoms with E-state index in [1.54, 1.807) is 0 Å². The van der Waals surface area contributed by atoms with Gasteiger partial charge in [0.25, 0.3) is 0 Å². The van der Waals surface area contributed by atoms with Crippen molar-refractivity contribution in [2.45, 2.75) is 0 Å². The molecule has 0 saturated carbocycles. The first kappa shape index (κ1) is 13.3. The van der Waals surface area contributed by atoms with Gasteiger partial charge in [0, 0.05) is 12.1 Å². The standard InChI is InChI=1S/C10H6ClF3N4O/c1-19-10-17-8(11)16-9(18-10)15-7-5(13)2-4(12)3-6(7)14/h2-3H,1H3,(H,15,16,17,18). The second kappa shape index (κ2) is 5.27. The number of halogens is 4. The van der Waals surface area contributed by atoms with Crippen LogP contribution in [0, 0.1) is 17.5 Å². The van der Waals surface area contributed by atoms with Gasteiger partial charge in [-0.15, -0.1) is 0 Å². The van der Waals surface area contributed by atoms with Crippen molar-refractivity contribution in [3.05, 3.63) is 34.9 Å². The van der Waals surface area contributed by atoms with E-state index in [0.717, 1.165) is 0 Å². The number of aromatic nitrogens is 3. The number of anilines is 2. The van der Waals surface area contributed by atoms with Crippen LogP contribution in [0.2, 0.25) is 5.28 Å². The van der Waals surface area contributed by atoms with Crippen molar-refractivity contribution in [1.29, 1.82) is 0 Å². The van der Waals surface area contributed by atoms with E-state index >= 15 is 0 Å². The number of methoxy groups -OCH3 is 1. The Morgan fingerprint density at radius 3 is 2.32 bits per heavy atom. The first-order valence-corrected chi connectivity index (χ1v) is 5.24. The Labute approximate surface area is 110 Å². The molecule has 1 aromatic heterocycles. The molecule has 0 unspecified atom stereocenters. The molecule has 1 heterocycles. The third-order valence-corrected chi connectivity index (χ3v) is 2.18. The maximum atomic E-state index is 13.4. The number of rotatable bonds is 3. The molecule has 0 fully saturated rings. The molecular formula is C10H6ClF3N4O. The van der Waals surface area contributed by atoms with Gasteiger partial charge in [0.1, 0.15) is 11.5 Å². The SMILES string of the molecule is COc1nc(Cl)nc(Nc2c(F)cc(F)cc2F)n1. The van der Waals surface area contributed by atoms with Crippen molar-refractivity contribution in [3.63, 3.8) is 0 Å². The molecule has 0 amide bonds. The van der Waals surface area contributed by atoms with E-state index in [1.807, 2.05) is 0 Å². The molecule has 1 N–H and O–H groups in total. The third-order valence-electron chi connectivity index (χ3n) is 2.01. The number of benzene rings is 1. The van der Waals surface area contributed by atoms with Gasteiger partial charge in [0.05, 0.1) is 7.11 Å². The van der Waals surface area contributed by atoms with E-state index in [-0.39, 0.29) is 17.2 Å². The average Bonchev–Trinajstić information content (AvgIpc) is 2.33. The molecule has 0 aliphatic carbocycles. The first-order chi connectivity index (χ1) is 8.99. The monoisotopic (exact) mass is 290 g/mol. The largest absolute Gasteiger partial charge is 0.467 e. The topological polar surface area (TPSA) is 59.9 Å². The maximum absolute atomic E-state index is 13.4. The highest BCUT2D eigenvalue weighted by molar-refractivity contribution is 6.28. The molecule has 0 aliphatic rings. The predicted octanol–water partition coefficient (Wildman–Crippen LogP) is 2.69. The molecule has 0 radical (unpaired) electrons. The van der Waals surface area contributed by atoms with Gasteiger partial charge in [-0.3, -0.25) is 0 Å². The Morgan fingerprint density at radius 2 is 1.74 bits per heavy atom. The van der Waals surface area contributed by atoms with Crippen molar-refractivity contribution in [2.75, 3.05) is 12.4 Å². The van der Waals surface area contributed by atoms with E-state index in [2.05, 4.69) is 20.3 Å². The van der Waals surface area contributed by atoms with Gasteiger partial charge in [-0.25, -0.2) is 13.2 Å². The van der Waals surface area contributed by atoms with Crippen LogP contribution < -0.4 is 10.1 Å². The molecule has 19 heavy (non-hydrogen) atoms. The van der Waals surface area contributed by atoms with Crippen LogP contribution in [0.1, 0.15) is 0 Å². The molecule has 2 aromatic rings. The summed E-state index contributed by atoms with van der Waals surface area (Å²) < 4.78 is 44.3. The highest BCUT2D eigenvalue weighted by Crippen LogP contribution is 2.23. The van der Waals surface area contributed by atoms with E-state index < -0.39 is 23.1 Å². The molecule has 0 bridgehead atoms. The van der Waals surface area contributed by atoms with E-state index in [4.69, 9.17) is 16.3 Å². The van der Waals surface area contributed by atoms with E-state index in [9.17, 15) is 13.2 Å². The summed E-state index contributed by atoms with van der Waals surface area (Å²) in [7, 11) is 1.29. The highest BCUT2D eigenvalue weighted by Gasteiger charge is 2.14. The molecule has 100 valence electrons. The molecule has 0 aliphatic heterocycles. The molecule has 9 heteroatoms. The first-order valence-electron chi connectivity index (χ1n) is 4.86. The zero-order valence-electron chi connectivity index (χ0n) is 9.42. The lowest BCUT2D eigenvalue weighted by atomic mass is 10.3. The van der Waals surface area contributed by atoms with Crippen molar-refractivity contribution < 1.29 is 17.9 Å². The Balaban J connectivity index is 2.39. The molecule has 0 saturated heterocycles. The highest BCUT2D eigenvalue weighted by atomic mass is 35.5. The fourth-order valence-corrected chi connectivity index (χ4v) is 1.40. The maximum Gasteiger partial charge on any atom is 0.322 e. The van der Waals surface area contributed by atoms with Crippen LogP contribution >= 0.6 is 11.6 Å². The summed E-state index contributed by atoms with van der Waals surface area (Å²) in [6, 6.07) is 0.905. The minimum atomic E-state index is -1.13. The number of nitrogens with one attached hydrogen (secondary N) is 1. The van der Waals surface area contributed by atoms with Crippen LogP contribution in [0.15, 0.2) is 12.1 Å². The van der Waals surface area contributed by atoms with Gasteiger partial charge in [-0.2, -0.15) is 15.0 Å². The van der Waals surface area contributed by atoms with Crippen molar-refractivity contribution in [3.8, 4) is 6.01 Å². The second-order valence-corrected chi connectivity index (χ2v) is 3.62. The third kappa shape index (κ3) is 3.02. The molecule has 1 aromatic carbocycles. The quantitative estimate of drug-likeness (QED) is 0.942. The fraction of sp³-hybridized carbons (Fsp3) is 0.100. The zero-order valence-corrected chi connectivity index (χ0v) is 10.2. The lowest BCUT2D eigenvalue weighted by Gasteiger charge is -2.08. The number of nitrogens with zero attached hydrogens (tertiary/aromatic N) is 3. The molecule has 5 nitrogen and oxygen atoms in total. The minimum absolute atomic E-state index is 0.134. The lowest BCUT2D eigenvalue weighted by molar-refractivity contribution is 0.379. The van der Waals surface area contributed by atoms with Crippen LogP contribution in [0.3, 0.4) is 0 Å². The van der Waals surface area contributed by atoms with Crippen LogP contribution in [0.25, 0.3) is 0 Å². The Hall–Kier alpha value is -2.09. The predicted molar refractivity (Wildman–Crippen MR) is 61.0 cm³/mol. The Kier molecular flexibility index (Phi) is 3.70.